The summed E-state index contributed by atoms with van der Waals surface area (Å²) >= 11 is 0. The van der Waals surface area contributed by atoms with Crippen LogP contribution in [-0.4, -0.2) is 103 Å². The first-order valence-electron chi connectivity index (χ1n) is 25.1. The zero-order valence-corrected chi connectivity index (χ0v) is 41.9. The summed E-state index contributed by atoms with van der Waals surface area (Å²) in [4.78, 5) is 15.8. The summed E-state index contributed by atoms with van der Waals surface area (Å²) < 4.78 is 3.96. The van der Waals surface area contributed by atoms with Crippen molar-refractivity contribution in [2.75, 3.05) is 0 Å². The number of rotatable bonds is 8. The molecule has 20 radical (unpaired) electrons. The van der Waals surface area contributed by atoms with Crippen LogP contribution in [0.3, 0.4) is 0 Å². The third kappa shape index (κ3) is 7.72. The molecule has 338 valence electrons. The van der Waals surface area contributed by atoms with Crippen LogP contribution in [0.15, 0.2) is 188 Å². The second kappa shape index (κ2) is 19.2. The van der Waals surface area contributed by atoms with Crippen LogP contribution in [0, 0.1) is 0 Å². The Bertz CT molecular complexity index is 4470. The molecule has 0 saturated carbocycles. The fraction of sp³-hybridized carbons (Fsp3) is 0. The first-order chi connectivity index (χ1) is 37.9. The highest BCUT2D eigenvalue weighted by Gasteiger charge is 2.30. The molecule has 10 aromatic carbocycles. The maximum atomic E-state index is 7.41. The molecule has 0 amide bonds. The van der Waals surface area contributed by atoms with Gasteiger partial charge in [-0.3, -0.25) is 0 Å². The Morgan fingerprint density at radius 3 is 1.03 bits per heavy atom. The van der Waals surface area contributed by atoms with Crippen LogP contribution >= 0.6 is 0 Å². The van der Waals surface area contributed by atoms with Crippen LogP contribution in [0.1, 0.15) is 0 Å². The molecular formula is C63H31B10N5. The standard InChI is InChI=1S/C63H31B10N5/c64-47-45-43-49(66)51(68)53(70)55(72)57(43)77(40-24-14-5-15-25-40)59(45)60-46(48(47)65)44-50(67)52(69)54(71)56(73)58(44)78(60)42-27-26-36(39-29-37(32-16-6-1-7-17-32)28-38(30-39)33-18-8-2-9-19-33)31-41(42)63-75-61(34-20-10-3-11-21-34)74-62(76-63)35-22-12-4-13-23-35/h1-31H. The van der Waals surface area contributed by atoms with Crippen molar-refractivity contribution >= 4 is 177 Å². The third-order valence-electron chi connectivity index (χ3n) is 14.9. The quantitative estimate of drug-likeness (QED) is 0.217. The molecule has 0 unspecified atom stereocenters. The largest absolute Gasteiger partial charge is 0.308 e. The fourth-order valence-electron chi connectivity index (χ4n) is 11.0. The second-order valence-electron chi connectivity index (χ2n) is 19.3. The number of nitrogens with zero attached hydrogens (tertiary/aromatic N) is 5. The van der Waals surface area contributed by atoms with Crippen LogP contribution < -0.4 is 54.6 Å². The van der Waals surface area contributed by atoms with E-state index in [2.05, 4.69) is 54.6 Å². The summed E-state index contributed by atoms with van der Waals surface area (Å²) in [5, 5.41) is 1.75. The van der Waals surface area contributed by atoms with Gasteiger partial charge in [0, 0.05) is 44.2 Å². The average molecular weight is 966 g/mol. The molecule has 3 heterocycles. The van der Waals surface area contributed by atoms with Crippen molar-refractivity contribution < 1.29 is 0 Å². The number of para-hydroxylation sites is 1. The van der Waals surface area contributed by atoms with Crippen LogP contribution in [0.5, 0.6) is 0 Å². The van der Waals surface area contributed by atoms with Crippen molar-refractivity contribution in [3.05, 3.63) is 188 Å². The zero-order chi connectivity index (χ0) is 53.7. The molecule has 5 nitrogen and oxygen atoms in total. The van der Waals surface area contributed by atoms with Gasteiger partial charge in [-0.2, -0.15) is 0 Å². The summed E-state index contributed by atoms with van der Waals surface area (Å²) in [7, 11) is 70.4. The molecule has 0 saturated heterocycles. The van der Waals surface area contributed by atoms with Gasteiger partial charge in [-0.25, -0.2) is 15.0 Å². The van der Waals surface area contributed by atoms with Gasteiger partial charge in [0.2, 0.25) is 0 Å². The minimum absolute atomic E-state index is 0.0757. The molecule has 0 fully saturated rings. The van der Waals surface area contributed by atoms with Crippen molar-refractivity contribution in [1.82, 2.24) is 24.1 Å². The molecule has 0 aliphatic heterocycles. The van der Waals surface area contributed by atoms with E-state index in [0.29, 0.717) is 78.0 Å². The van der Waals surface area contributed by atoms with E-state index in [0.717, 1.165) is 44.5 Å². The Labute approximate surface area is 465 Å². The lowest BCUT2D eigenvalue weighted by Crippen LogP contribution is -2.48. The number of fused-ring (bicyclic) bond motifs is 7. The Morgan fingerprint density at radius 1 is 0.244 bits per heavy atom. The normalized spacial score (nSPS) is 11.6. The van der Waals surface area contributed by atoms with Crippen molar-refractivity contribution in [1.29, 1.82) is 0 Å². The van der Waals surface area contributed by atoms with Gasteiger partial charge in [0.1, 0.15) is 78.5 Å². The van der Waals surface area contributed by atoms with Gasteiger partial charge in [-0.15, -0.1) is 21.9 Å². The summed E-state index contributed by atoms with van der Waals surface area (Å²) in [5.41, 5.74) is 12.5. The predicted molar refractivity (Wildman–Crippen MR) is 335 cm³/mol. The molecule has 15 heteroatoms. The van der Waals surface area contributed by atoms with E-state index < -0.39 is 0 Å². The Hall–Kier alpha value is -8.54. The van der Waals surface area contributed by atoms with Gasteiger partial charge in [-0.1, -0.05) is 178 Å². The van der Waals surface area contributed by atoms with Gasteiger partial charge in [0.15, 0.2) is 17.5 Å². The van der Waals surface area contributed by atoms with Crippen LogP contribution in [0.25, 0.3) is 123 Å². The maximum Gasteiger partial charge on any atom is 0.166 e. The molecule has 0 bridgehead atoms. The summed E-state index contributed by atoms with van der Waals surface area (Å²) in [6.45, 7) is 0. The molecular weight excluding hydrogens is 935 g/mol. The minimum Gasteiger partial charge on any atom is -0.308 e. The monoisotopic (exact) mass is 967 g/mol. The molecule has 78 heavy (non-hydrogen) atoms. The van der Waals surface area contributed by atoms with Gasteiger partial charge in [-0.05, 0) is 86.6 Å². The van der Waals surface area contributed by atoms with E-state index in [-0.39, 0.29) is 54.6 Å². The lowest BCUT2D eigenvalue weighted by atomic mass is 9.64. The van der Waals surface area contributed by atoms with Crippen LogP contribution in [0.4, 0.5) is 0 Å². The Morgan fingerprint density at radius 2 is 0.577 bits per heavy atom. The molecule has 13 rings (SSSR count). The Kier molecular flexibility index (Phi) is 12.1. The van der Waals surface area contributed by atoms with E-state index in [1.165, 1.54) is 0 Å². The third-order valence-corrected chi connectivity index (χ3v) is 14.9. The lowest BCUT2D eigenvalue weighted by Gasteiger charge is -2.20. The minimum atomic E-state index is 0.0757. The number of hydrogen-bond acceptors (Lipinski definition) is 3. The van der Waals surface area contributed by atoms with E-state index in [1.54, 1.807) is 0 Å². The Balaban J connectivity index is 1.25. The number of hydrogen-bond donors (Lipinski definition) is 0. The van der Waals surface area contributed by atoms with E-state index >= 15 is 0 Å². The van der Waals surface area contributed by atoms with Crippen molar-refractivity contribution in [2.45, 2.75) is 0 Å². The first kappa shape index (κ1) is 49.1. The average Bonchev–Trinajstić information content (AvgIpc) is 4.12. The lowest BCUT2D eigenvalue weighted by molar-refractivity contribution is 1.06. The summed E-state index contributed by atoms with van der Waals surface area (Å²) in [6, 6.07) is 62.6. The van der Waals surface area contributed by atoms with E-state index in [9.17, 15) is 0 Å². The smallest absolute Gasteiger partial charge is 0.166 e. The van der Waals surface area contributed by atoms with Gasteiger partial charge in [0.05, 0.1) is 16.7 Å². The van der Waals surface area contributed by atoms with Crippen molar-refractivity contribution in [2.24, 2.45) is 0 Å². The molecule has 0 N–H and O–H groups in total. The van der Waals surface area contributed by atoms with Crippen molar-refractivity contribution in [3.8, 4) is 78.9 Å². The number of benzene rings is 10. The second-order valence-corrected chi connectivity index (χ2v) is 19.3. The topological polar surface area (TPSA) is 48.5 Å². The molecule has 0 spiro atoms. The zero-order valence-electron chi connectivity index (χ0n) is 41.9. The summed E-state index contributed by atoms with van der Waals surface area (Å²) in [6.07, 6.45) is 0. The first-order valence-corrected chi connectivity index (χ1v) is 25.1. The molecule has 0 atom stereocenters. The van der Waals surface area contributed by atoms with E-state index in [1.807, 2.05) is 143 Å². The SMILES string of the molecule is [B]c1c([B])c([B])c2c(c1[B])c1c([B])c([B])c3c4c([B])c([B])c([B])c([B])c4n(-c4ccc(-c5cc(-c6ccccc6)cc(-c6ccccc6)c5)cc4-c4nc(-c5ccccc5)nc(-c5ccccc5)n4)c3c1n2-c1ccccc1. The van der Waals surface area contributed by atoms with Crippen LogP contribution in [-0.2, 0) is 0 Å². The van der Waals surface area contributed by atoms with Gasteiger partial charge >= 0.3 is 0 Å². The van der Waals surface area contributed by atoms with Gasteiger partial charge in [0.25, 0.3) is 0 Å². The van der Waals surface area contributed by atoms with Crippen LogP contribution in [0.2, 0.25) is 0 Å². The predicted octanol–water partition coefficient (Wildman–Crippen LogP) is 4.01. The molecule has 3 aromatic heterocycles. The number of aromatic nitrogens is 5. The fourth-order valence-corrected chi connectivity index (χ4v) is 11.0. The molecule has 0 aliphatic rings. The maximum absolute atomic E-state index is 7.41. The highest BCUT2D eigenvalue weighted by atomic mass is 15.1. The van der Waals surface area contributed by atoms with Crippen molar-refractivity contribution in [3.63, 3.8) is 0 Å². The molecule has 13 aromatic rings. The molecule has 0 aliphatic carbocycles. The van der Waals surface area contributed by atoms with E-state index in [4.69, 9.17) is 93.4 Å². The highest BCUT2D eigenvalue weighted by Crippen LogP contribution is 2.42. The summed E-state index contributed by atoms with van der Waals surface area (Å²) in [5.74, 6) is 1.23. The van der Waals surface area contributed by atoms with Gasteiger partial charge < -0.3 is 9.13 Å². The highest BCUT2D eigenvalue weighted by molar-refractivity contribution is 6.71.